The number of carbonyl (C=O) groups excluding carboxylic acids is 1. The minimum Gasteiger partial charge on any atom is -0.456 e. The summed E-state index contributed by atoms with van der Waals surface area (Å²) in [6.45, 7) is 5.31. The average molecular weight is 333 g/mol. The highest BCUT2D eigenvalue weighted by atomic mass is 32.2. The van der Waals surface area contributed by atoms with Gasteiger partial charge in [-0.3, -0.25) is 0 Å². The molecular weight excluding hydrogens is 314 g/mol. The number of hydrogen-bond acceptors (Lipinski definition) is 5. The molecule has 2 aromatic carbocycles. The van der Waals surface area contributed by atoms with Gasteiger partial charge in [-0.25, -0.2) is 13.2 Å². The quantitative estimate of drug-likeness (QED) is 0.689. The Morgan fingerprint density at radius 3 is 1.78 bits per heavy atom. The number of hydrogen-bond donors (Lipinski definition) is 1. The molecule has 23 heavy (non-hydrogen) atoms. The molecule has 2 N–H and O–H groups in total. The number of nitrogens with two attached hydrogens (primary N) is 1. The molecule has 2 aromatic rings. The normalized spacial score (nSPS) is 12.0. The fourth-order valence-corrected chi connectivity index (χ4v) is 3.15. The Labute approximate surface area is 136 Å². The van der Waals surface area contributed by atoms with Crippen LogP contribution in [0.25, 0.3) is 0 Å². The Hall–Kier alpha value is -2.34. The Kier molecular flexibility index (Phi) is 4.47. The van der Waals surface area contributed by atoms with Crippen molar-refractivity contribution in [3.8, 4) is 0 Å². The number of anilines is 1. The standard InChI is InChI=1S/C17H19NO4S/c1-17(2,3)22-16(19)12-4-8-14(9-5-12)23(20,21)15-10-6-13(18)7-11-15/h4-11H,18H2,1-3H3. The van der Waals surface area contributed by atoms with Crippen LogP contribution >= 0.6 is 0 Å². The predicted octanol–water partition coefficient (Wildman–Crippen LogP) is 3.06. The van der Waals surface area contributed by atoms with Crippen LogP contribution in [0.3, 0.4) is 0 Å². The van der Waals surface area contributed by atoms with Gasteiger partial charge in [0.1, 0.15) is 5.60 Å². The van der Waals surface area contributed by atoms with Crippen LogP contribution in [-0.2, 0) is 14.6 Å². The third-order valence-corrected chi connectivity index (χ3v) is 4.78. The Balaban J connectivity index is 2.28. The van der Waals surface area contributed by atoms with Crippen LogP contribution in [0, 0.1) is 0 Å². The molecule has 0 amide bonds. The second-order valence-corrected chi connectivity index (χ2v) is 8.05. The van der Waals surface area contributed by atoms with Crippen LogP contribution in [0.4, 0.5) is 5.69 Å². The van der Waals surface area contributed by atoms with Crippen molar-refractivity contribution in [2.75, 3.05) is 5.73 Å². The second kappa shape index (κ2) is 6.04. The van der Waals surface area contributed by atoms with E-state index < -0.39 is 21.4 Å². The van der Waals surface area contributed by atoms with E-state index in [-0.39, 0.29) is 9.79 Å². The zero-order chi connectivity index (χ0) is 17.3. The lowest BCUT2D eigenvalue weighted by Crippen LogP contribution is -2.23. The zero-order valence-electron chi connectivity index (χ0n) is 13.2. The molecule has 122 valence electrons. The highest BCUT2D eigenvalue weighted by molar-refractivity contribution is 7.91. The van der Waals surface area contributed by atoms with Gasteiger partial charge < -0.3 is 10.5 Å². The molecule has 0 aliphatic heterocycles. The molecule has 0 aliphatic carbocycles. The highest BCUT2D eigenvalue weighted by Crippen LogP contribution is 2.22. The maximum absolute atomic E-state index is 12.5. The summed E-state index contributed by atoms with van der Waals surface area (Å²) >= 11 is 0. The monoisotopic (exact) mass is 333 g/mol. The molecule has 6 heteroatoms. The van der Waals surface area contributed by atoms with Crippen molar-refractivity contribution in [2.24, 2.45) is 0 Å². The predicted molar refractivity (Wildman–Crippen MR) is 87.9 cm³/mol. The van der Waals surface area contributed by atoms with Crippen molar-refractivity contribution >= 4 is 21.5 Å². The maximum atomic E-state index is 12.5. The third kappa shape index (κ3) is 4.10. The third-order valence-electron chi connectivity index (χ3n) is 2.99. The summed E-state index contributed by atoms with van der Waals surface area (Å²) < 4.78 is 30.2. The van der Waals surface area contributed by atoms with Gasteiger partial charge in [0.2, 0.25) is 9.84 Å². The molecule has 0 spiro atoms. The van der Waals surface area contributed by atoms with Gasteiger partial charge >= 0.3 is 5.97 Å². The Morgan fingerprint density at radius 2 is 1.35 bits per heavy atom. The molecule has 0 unspecified atom stereocenters. The number of ether oxygens (including phenoxy) is 1. The molecule has 5 nitrogen and oxygen atoms in total. The number of carbonyl (C=O) groups is 1. The average Bonchev–Trinajstić information content (AvgIpc) is 2.46. The lowest BCUT2D eigenvalue weighted by atomic mass is 10.2. The van der Waals surface area contributed by atoms with Crippen LogP contribution in [-0.4, -0.2) is 20.0 Å². The fraction of sp³-hybridized carbons (Fsp3) is 0.235. The smallest absolute Gasteiger partial charge is 0.338 e. The topological polar surface area (TPSA) is 86.5 Å². The number of nitrogen functional groups attached to an aromatic ring is 1. The first-order valence-corrected chi connectivity index (χ1v) is 8.52. The van der Waals surface area contributed by atoms with Crippen molar-refractivity contribution in [2.45, 2.75) is 36.2 Å². The molecule has 0 heterocycles. The fourth-order valence-electron chi connectivity index (χ4n) is 1.89. The van der Waals surface area contributed by atoms with Gasteiger partial charge in [-0.2, -0.15) is 0 Å². The minimum atomic E-state index is -3.64. The summed E-state index contributed by atoms with van der Waals surface area (Å²) in [7, 11) is -3.64. The molecule has 0 saturated heterocycles. The molecular formula is C17H19NO4S. The van der Waals surface area contributed by atoms with E-state index in [1.165, 1.54) is 48.5 Å². The summed E-state index contributed by atoms with van der Waals surface area (Å²) in [5.41, 5.74) is 5.75. The SMILES string of the molecule is CC(C)(C)OC(=O)c1ccc(S(=O)(=O)c2ccc(N)cc2)cc1. The van der Waals surface area contributed by atoms with E-state index in [0.717, 1.165) is 0 Å². The van der Waals surface area contributed by atoms with E-state index in [1.54, 1.807) is 20.8 Å². The van der Waals surface area contributed by atoms with Crippen LogP contribution in [0.5, 0.6) is 0 Å². The summed E-state index contributed by atoms with van der Waals surface area (Å²) in [6.07, 6.45) is 0. The lowest BCUT2D eigenvalue weighted by molar-refractivity contribution is 0.00694. The molecule has 2 rings (SSSR count). The molecule has 0 saturated carbocycles. The molecule has 0 aliphatic rings. The van der Waals surface area contributed by atoms with Crippen molar-refractivity contribution < 1.29 is 17.9 Å². The minimum absolute atomic E-state index is 0.106. The Bertz CT molecular complexity index is 801. The van der Waals surface area contributed by atoms with E-state index in [1.807, 2.05) is 0 Å². The first-order valence-electron chi connectivity index (χ1n) is 7.04. The number of benzene rings is 2. The van der Waals surface area contributed by atoms with E-state index in [9.17, 15) is 13.2 Å². The summed E-state index contributed by atoms with van der Waals surface area (Å²) in [4.78, 5) is 12.2. The number of sulfone groups is 1. The van der Waals surface area contributed by atoms with Gasteiger partial charge in [0.05, 0.1) is 15.4 Å². The summed E-state index contributed by atoms with van der Waals surface area (Å²) in [5, 5.41) is 0. The zero-order valence-corrected chi connectivity index (χ0v) is 14.1. The first kappa shape index (κ1) is 17.0. The molecule has 0 aromatic heterocycles. The van der Waals surface area contributed by atoms with E-state index in [2.05, 4.69) is 0 Å². The molecule has 0 fully saturated rings. The maximum Gasteiger partial charge on any atom is 0.338 e. The van der Waals surface area contributed by atoms with Gasteiger partial charge in [-0.1, -0.05) is 0 Å². The lowest BCUT2D eigenvalue weighted by Gasteiger charge is -2.19. The van der Waals surface area contributed by atoms with E-state index in [0.29, 0.717) is 11.3 Å². The van der Waals surface area contributed by atoms with Gasteiger partial charge in [0, 0.05) is 5.69 Å². The molecule has 0 atom stereocenters. The molecule has 0 bridgehead atoms. The second-order valence-electron chi connectivity index (χ2n) is 6.10. The van der Waals surface area contributed by atoms with Gasteiger partial charge in [-0.15, -0.1) is 0 Å². The van der Waals surface area contributed by atoms with Crippen molar-refractivity contribution in [1.29, 1.82) is 0 Å². The van der Waals surface area contributed by atoms with E-state index >= 15 is 0 Å². The van der Waals surface area contributed by atoms with E-state index in [4.69, 9.17) is 10.5 Å². The van der Waals surface area contributed by atoms with Crippen LogP contribution in [0.1, 0.15) is 31.1 Å². The van der Waals surface area contributed by atoms with Gasteiger partial charge in [-0.05, 0) is 69.3 Å². The summed E-state index contributed by atoms with van der Waals surface area (Å²) in [6, 6.07) is 11.6. The Morgan fingerprint density at radius 1 is 0.913 bits per heavy atom. The molecule has 0 radical (unpaired) electrons. The highest BCUT2D eigenvalue weighted by Gasteiger charge is 2.20. The van der Waals surface area contributed by atoms with Crippen LogP contribution < -0.4 is 5.73 Å². The van der Waals surface area contributed by atoms with Crippen molar-refractivity contribution in [3.05, 3.63) is 54.1 Å². The van der Waals surface area contributed by atoms with Gasteiger partial charge in [0.25, 0.3) is 0 Å². The largest absolute Gasteiger partial charge is 0.456 e. The van der Waals surface area contributed by atoms with Crippen molar-refractivity contribution in [3.63, 3.8) is 0 Å². The number of rotatable bonds is 3. The summed E-state index contributed by atoms with van der Waals surface area (Å²) in [5.74, 6) is -0.492. The van der Waals surface area contributed by atoms with Crippen molar-refractivity contribution in [1.82, 2.24) is 0 Å². The van der Waals surface area contributed by atoms with Crippen LogP contribution in [0.15, 0.2) is 58.3 Å². The first-order chi connectivity index (χ1) is 10.6. The van der Waals surface area contributed by atoms with Gasteiger partial charge in [0.15, 0.2) is 0 Å². The number of esters is 1. The van der Waals surface area contributed by atoms with Crippen LogP contribution in [0.2, 0.25) is 0 Å².